The predicted molar refractivity (Wildman–Crippen MR) is 114 cm³/mol. The third-order valence-corrected chi connectivity index (χ3v) is 7.36. The maximum Gasteiger partial charge on any atom is 0.191 e. The largest absolute Gasteiger partial charge is 0.379 e. The summed E-state index contributed by atoms with van der Waals surface area (Å²) < 4.78 is 5.55. The molecule has 0 saturated carbocycles. The molecular formula is C19H32N4OS2. The van der Waals surface area contributed by atoms with Crippen LogP contribution in [0.1, 0.15) is 35.6 Å². The molecule has 0 bridgehead atoms. The zero-order valence-corrected chi connectivity index (χ0v) is 17.6. The van der Waals surface area contributed by atoms with Gasteiger partial charge in [0.25, 0.3) is 0 Å². The van der Waals surface area contributed by atoms with Gasteiger partial charge in [0, 0.05) is 41.2 Å². The number of guanidine groups is 1. The van der Waals surface area contributed by atoms with Gasteiger partial charge in [-0.2, -0.15) is 11.8 Å². The Bertz CT molecular complexity index is 566. The highest BCUT2D eigenvalue weighted by Crippen LogP contribution is 2.29. The van der Waals surface area contributed by atoms with Crippen LogP contribution in [0.15, 0.2) is 17.1 Å². The fraction of sp³-hybridized carbons (Fsp3) is 0.737. The van der Waals surface area contributed by atoms with Crippen molar-refractivity contribution in [2.45, 2.75) is 38.0 Å². The van der Waals surface area contributed by atoms with Crippen LogP contribution in [0.5, 0.6) is 0 Å². The molecule has 2 aliphatic heterocycles. The number of rotatable bonds is 7. The molecule has 0 spiro atoms. The minimum absolute atomic E-state index is 0.342. The number of hydrogen-bond acceptors (Lipinski definition) is 5. The molecule has 146 valence electrons. The highest BCUT2D eigenvalue weighted by atomic mass is 32.2. The Balaban J connectivity index is 1.65. The summed E-state index contributed by atoms with van der Waals surface area (Å²) in [6.45, 7) is 10.6. The lowest BCUT2D eigenvalue weighted by atomic mass is 10.2. The number of morpholine rings is 1. The van der Waals surface area contributed by atoms with E-state index in [0.717, 1.165) is 57.1 Å². The molecule has 2 atom stereocenters. The summed E-state index contributed by atoms with van der Waals surface area (Å²) in [5.74, 6) is 2.25. The smallest absolute Gasteiger partial charge is 0.191 e. The van der Waals surface area contributed by atoms with Crippen molar-refractivity contribution in [3.63, 3.8) is 0 Å². The third kappa shape index (κ3) is 5.87. The molecule has 3 rings (SSSR count). The number of aliphatic imine (C=N–C) groups is 1. The Morgan fingerprint density at radius 3 is 2.85 bits per heavy atom. The summed E-state index contributed by atoms with van der Waals surface area (Å²) in [7, 11) is 0. The van der Waals surface area contributed by atoms with Crippen LogP contribution in [-0.4, -0.2) is 67.8 Å². The molecule has 2 N–H and O–H groups in total. The molecule has 0 radical (unpaired) electrons. The van der Waals surface area contributed by atoms with Gasteiger partial charge in [-0.1, -0.05) is 0 Å². The van der Waals surface area contributed by atoms with Crippen LogP contribution in [0.4, 0.5) is 0 Å². The van der Waals surface area contributed by atoms with E-state index in [-0.39, 0.29) is 0 Å². The SMILES string of the molecule is CCNC(=NCC(c1ccc(C)s1)N1CCOCC1)NCC1CCCS1. The third-order valence-electron chi connectivity index (χ3n) is 4.86. The lowest BCUT2D eigenvalue weighted by molar-refractivity contribution is 0.0186. The lowest BCUT2D eigenvalue weighted by Gasteiger charge is -2.33. The van der Waals surface area contributed by atoms with Gasteiger partial charge in [-0.05, 0) is 44.6 Å². The molecule has 7 heteroatoms. The summed E-state index contributed by atoms with van der Waals surface area (Å²) in [5, 5.41) is 7.70. The van der Waals surface area contributed by atoms with E-state index in [1.807, 2.05) is 11.3 Å². The number of nitrogens with one attached hydrogen (secondary N) is 2. The first-order valence-electron chi connectivity index (χ1n) is 9.78. The van der Waals surface area contributed by atoms with Crippen molar-refractivity contribution in [1.82, 2.24) is 15.5 Å². The summed E-state index contributed by atoms with van der Waals surface area (Å²) >= 11 is 3.98. The van der Waals surface area contributed by atoms with E-state index in [0.29, 0.717) is 6.04 Å². The van der Waals surface area contributed by atoms with E-state index in [1.54, 1.807) is 0 Å². The van der Waals surface area contributed by atoms with E-state index in [4.69, 9.17) is 9.73 Å². The van der Waals surface area contributed by atoms with Crippen molar-refractivity contribution < 1.29 is 4.74 Å². The number of thioether (sulfide) groups is 1. The maximum atomic E-state index is 5.55. The second kappa shape index (κ2) is 10.5. The molecule has 0 amide bonds. The zero-order valence-electron chi connectivity index (χ0n) is 16.0. The quantitative estimate of drug-likeness (QED) is 0.548. The van der Waals surface area contributed by atoms with Gasteiger partial charge in [-0.3, -0.25) is 9.89 Å². The standard InChI is InChI=1S/C19H32N4OS2/c1-3-20-19(21-13-16-5-4-12-25-16)22-14-17(18-7-6-15(2)26-18)23-8-10-24-11-9-23/h6-7,16-17H,3-5,8-14H2,1-2H3,(H2,20,21,22). The first-order valence-corrected chi connectivity index (χ1v) is 11.6. The predicted octanol–water partition coefficient (Wildman–Crippen LogP) is 2.88. The number of nitrogens with zero attached hydrogens (tertiary/aromatic N) is 2. The van der Waals surface area contributed by atoms with Crippen molar-refractivity contribution in [3.05, 3.63) is 21.9 Å². The molecule has 1 aromatic rings. The molecular weight excluding hydrogens is 364 g/mol. The van der Waals surface area contributed by atoms with E-state index in [2.05, 4.69) is 53.3 Å². The van der Waals surface area contributed by atoms with Crippen molar-refractivity contribution in [1.29, 1.82) is 0 Å². The van der Waals surface area contributed by atoms with E-state index < -0.39 is 0 Å². The number of aryl methyl sites for hydroxylation is 1. The first kappa shape index (κ1) is 20.0. The van der Waals surface area contributed by atoms with Crippen LogP contribution in [0.2, 0.25) is 0 Å². The summed E-state index contributed by atoms with van der Waals surface area (Å²) in [5.41, 5.74) is 0. The molecule has 2 unspecified atom stereocenters. The van der Waals surface area contributed by atoms with Crippen LogP contribution in [0.25, 0.3) is 0 Å². The minimum Gasteiger partial charge on any atom is -0.379 e. The monoisotopic (exact) mass is 396 g/mol. The maximum absolute atomic E-state index is 5.55. The van der Waals surface area contributed by atoms with Crippen molar-refractivity contribution in [2.24, 2.45) is 4.99 Å². The van der Waals surface area contributed by atoms with Crippen LogP contribution in [0.3, 0.4) is 0 Å². The van der Waals surface area contributed by atoms with Crippen LogP contribution in [0, 0.1) is 6.92 Å². The number of hydrogen-bond donors (Lipinski definition) is 2. The Hall–Kier alpha value is -0.760. The molecule has 3 heterocycles. The lowest BCUT2D eigenvalue weighted by Crippen LogP contribution is -2.42. The fourth-order valence-corrected chi connectivity index (χ4v) is 5.65. The molecule has 2 aliphatic rings. The first-order chi connectivity index (χ1) is 12.8. The fourth-order valence-electron chi connectivity index (χ4n) is 3.44. The van der Waals surface area contributed by atoms with Gasteiger partial charge >= 0.3 is 0 Å². The molecule has 5 nitrogen and oxygen atoms in total. The Morgan fingerprint density at radius 2 is 2.19 bits per heavy atom. The average molecular weight is 397 g/mol. The van der Waals surface area contributed by atoms with Crippen molar-refractivity contribution in [2.75, 3.05) is 51.7 Å². The number of thiophene rings is 1. The normalized spacial score (nSPS) is 23.2. The molecule has 2 fully saturated rings. The molecule has 2 saturated heterocycles. The van der Waals surface area contributed by atoms with Crippen LogP contribution >= 0.6 is 23.1 Å². The van der Waals surface area contributed by atoms with Gasteiger partial charge in [0.1, 0.15) is 0 Å². The van der Waals surface area contributed by atoms with Gasteiger partial charge in [-0.15, -0.1) is 11.3 Å². The van der Waals surface area contributed by atoms with Gasteiger partial charge in [0.2, 0.25) is 0 Å². The second-order valence-corrected chi connectivity index (χ2v) is 9.58. The van der Waals surface area contributed by atoms with Gasteiger partial charge in [0.15, 0.2) is 5.96 Å². The van der Waals surface area contributed by atoms with Gasteiger partial charge in [-0.25, -0.2) is 0 Å². The Morgan fingerprint density at radius 1 is 1.35 bits per heavy atom. The van der Waals surface area contributed by atoms with Crippen molar-refractivity contribution in [3.8, 4) is 0 Å². The van der Waals surface area contributed by atoms with Gasteiger partial charge < -0.3 is 15.4 Å². The average Bonchev–Trinajstić information content (AvgIpc) is 3.32. The van der Waals surface area contributed by atoms with Crippen LogP contribution in [-0.2, 0) is 4.74 Å². The molecule has 0 aliphatic carbocycles. The summed E-state index contributed by atoms with van der Waals surface area (Å²) in [4.78, 5) is 10.2. The molecule has 1 aromatic heterocycles. The van der Waals surface area contributed by atoms with Gasteiger partial charge in [0.05, 0.1) is 25.8 Å². The van der Waals surface area contributed by atoms with Crippen molar-refractivity contribution >= 4 is 29.1 Å². The number of ether oxygens (including phenoxy) is 1. The summed E-state index contributed by atoms with van der Waals surface area (Å²) in [6, 6.07) is 4.83. The topological polar surface area (TPSA) is 48.9 Å². The van der Waals surface area contributed by atoms with E-state index in [1.165, 1.54) is 28.3 Å². The molecule has 26 heavy (non-hydrogen) atoms. The Labute approximate surface area is 166 Å². The Kier molecular flexibility index (Phi) is 8.10. The van der Waals surface area contributed by atoms with E-state index in [9.17, 15) is 0 Å². The van der Waals surface area contributed by atoms with Crippen LogP contribution < -0.4 is 10.6 Å². The zero-order chi connectivity index (χ0) is 18.2. The highest BCUT2D eigenvalue weighted by Gasteiger charge is 2.24. The minimum atomic E-state index is 0.342. The highest BCUT2D eigenvalue weighted by molar-refractivity contribution is 8.00. The van der Waals surface area contributed by atoms with E-state index >= 15 is 0 Å². The molecule has 0 aromatic carbocycles. The summed E-state index contributed by atoms with van der Waals surface area (Å²) in [6.07, 6.45) is 2.67. The second-order valence-electron chi connectivity index (χ2n) is 6.85.